The molecule has 1 aromatic heterocycles. The molecule has 3 N–H and O–H groups in total. The second-order valence-corrected chi connectivity index (χ2v) is 7.15. The molecule has 2 aromatic carbocycles. The Balaban J connectivity index is 1.94. The summed E-state index contributed by atoms with van der Waals surface area (Å²) in [6, 6.07) is 13.1. The zero-order valence-electron chi connectivity index (χ0n) is 18.8. The van der Waals surface area contributed by atoms with Crippen LogP contribution in [-0.4, -0.2) is 38.1 Å². The van der Waals surface area contributed by atoms with E-state index in [-0.39, 0.29) is 17.3 Å². The zero-order valence-corrected chi connectivity index (χ0v) is 18.8. The Labute approximate surface area is 191 Å². The Morgan fingerprint density at radius 3 is 2.48 bits per heavy atom. The predicted molar refractivity (Wildman–Crippen MR) is 121 cm³/mol. The summed E-state index contributed by atoms with van der Waals surface area (Å²) in [6.07, 6.45) is 0. The maximum Gasteiger partial charge on any atom is 0.244 e. The van der Waals surface area contributed by atoms with Crippen LogP contribution in [0.15, 0.2) is 47.9 Å². The van der Waals surface area contributed by atoms with Crippen molar-refractivity contribution in [2.24, 2.45) is 5.73 Å². The van der Waals surface area contributed by atoms with Crippen LogP contribution in [0, 0.1) is 11.3 Å². The Hall–Kier alpha value is -4.32. The van der Waals surface area contributed by atoms with Gasteiger partial charge in [-0.25, -0.2) is 0 Å². The van der Waals surface area contributed by atoms with Gasteiger partial charge in [0, 0.05) is 11.1 Å². The van der Waals surface area contributed by atoms with E-state index in [4.69, 9.17) is 29.4 Å². The summed E-state index contributed by atoms with van der Waals surface area (Å²) >= 11 is 0. The van der Waals surface area contributed by atoms with Gasteiger partial charge in [-0.1, -0.05) is 0 Å². The zero-order chi connectivity index (χ0) is 23.5. The van der Waals surface area contributed by atoms with Crippen LogP contribution in [0.5, 0.6) is 28.9 Å². The van der Waals surface area contributed by atoms with Crippen molar-refractivity contribution in [3.63, 3.8) is 0 Å². The molecule has 0 saturated carbocycles. The molecule has 9 nitrogen and oxygen atoms in total. The third kappa shape index (κ3) is 3.76. The van der Waals surface area contributed by atoms with E-state index in [9.17, 15) is 5.26 Å². The Kier molecular flexibility index (Phi) is 6.00. The van der Waals surface area contributed by atoms with Crippen molar-refractivity contribution in [3.05, 3.63) is 59.0 Å². The average Bonchev–Trinajstić information content (AvgIpc) is 3.26. The summed E-state index contributed by atoms with van der Waals surface area (Å²) in [6.45, 7) is 2.42. The van der Waals surface area contributed by atoms with Gasteiger partial charge in [-0.15, -0.1) is 5.10 Å². The van der Waals surface area contributed by atoms with E-state index < -0.39 is 5.92 Å². The largest absolute Gasteiger partial charge is 0.497 e. The van der Waals surface area contributed by atoms with Crippen LogP contribution >= 0.6 is 0 Å². The SMILES string of the molecule is CCOc1ccc(-c2[nH]nc3c2[C@H](c2cc(OC)ccc2OC)C(C#N)=C(N)O3)cc1OC. The van der Waals surface area contributed by atoms with Crippen LogP contribution in [0.25, 0.3) is 11.3 Å². The maximum atomic E-state index is 9.98. The number of nitriles is 1. The van der Waals surface area contributed by atoms with Gasteiger partial charge in [-0.05, 0) is 43.3 Å². The van der Waals surface area contributed by atoms with Crippen LogP contribution in [0.4, 0.5) is 0 Å². The molecule has 33 heavy (non-hydrogen) atoms. The second kappa shape index (κ2) is 9.04. The minimum atomic E-state index is -0.602. The van der Waals surface area contributed by atoms with Gasteiger partial charge in [-0.2, -0.15) is 5.26 Å². The number of aromatic nitrogens is 2. The summed E-state index contributed by atoms with van der Waals surface area (Å²) in [4.78, 5) is 0. The third-order valence-electron chi connectivity index (χ3n) is 5.44. The summed E-state index contributed by atoms with van der Waals surface area (Å²) in [5.41, 5.74) is 9.13. The minimum Gasteiger partial charge on any atom is -0.497 e. The molecular formula is C24H24N4O5. The summed E-state index contributed by atoms with van der Waals surface area (Å²) in [5.74, 6) is 2.05. The molecule has 170 valence electrons. The fourth-order valence-corrected chi connectivity index (χ4v) is 3.94. The minimum absolute atomic E-state index is 0.0119. The van der Waals surface area contributed by atoms with E-state index in [0.29, 0.717) is 46.4 Å². The second-order valence-electron chi connectivity index (χ2n) is 7.15. The van der Waals surface area contributed by atoms with Crippen molar-refractivity contribution in [3.8, 4) is 46.2 Å². The first-order valence-electron chi connectivity index (χ1n) is 10.2. The van der Waals surface area contributed by atoms with Crippen LogP contribution in [0.1, 0.15) is 24.0 Å². The highest BCUT2D eigenvalue weighted by Crippen LogP contribution is 2.49. The number of fused-ring (bicyclic) bond motifs is 1. The lowest BCUT2D eigenvalue weighted by Gasteiger charge is -2.25. The molecule has 4 rings (SSSR count). The van der Waals surface area contributed by atoms with Gasteiger partial charge < -0.3 is 29.4 Å². The highest BCUT2D eigenvalue weighted by molar-refractivity contribution is 5.73. The summed E-state index contributed by atoms with van der Waals surface area (Å²) < 4.78 is 27.9. The van der Waals surface area contributed by atoms with E-state index in [1.54, 1.807) is 33.5 Å². The van der Waals surface area contributed by atoms with Crippen molar-refractivity contribution in [2.75, 3.05) is 27.9 Å². The van der Waals surface area contributed by atoms with Gasteiger partial charge in [0.25, 0.3) is 0 Å². The van der Waals surface area contributed by atoms with Crippen molar-refractivity contribution in [1.29, 1.82) is 5.26 Å². The Bertz CT molecular complexity index is 1260. The number of methoxy groups -OCH3 is 3. The molecule has 1 aliphatic heterocycles. The van der Waals surface area contributed by atoms with Crippen molar-refractivity contribution >= 4 is 0 Å². The van der Waals surface area contributed by atoms with E-state index in [2.05, 4.69) is 16.3 Å². The van der Waals surface area contributed by atoms with E-state index in [1.165, 1.54) is 0 Å². The molecule has 1 atom stereocenters. The third-order valence-corrected chi connectivity index (χ3v) is 5.44. The van der Waals surface area contributed by atoms with E-state index >= 15 is 0 Å². The van der Waals surface area contributed by atoms with Gasteiger partial charge in [0.2, 0.25) is 11.8 Å². The predicted octanol–water partition coefficient (Wildman–Crippen LogP) is 3.72. The molecular weight excluding hydrogens is 424 g/mol. The first kappa shape index (κ1) is 21.9. The van der Waals surface area contributed by atoms with Gasteiger partial charge in [0.15, 0.2) is 11.5 Å². The first-order valence-corrected chi connectivity index (χ1v) is 10.2. The fourth-order valence-electron chi connectivity index (χ4n) is 3.94. The molecule has 0 fully saturated rings. The Morgan fingerprint density at radius 1 is 1.06 bits per heavy atom. The lowest BCUT2D eigenvalue weighted by molar-refractivity contribution is 0.311. The molecule has 0 aliphatic carbocycles. The lowest BCUT2D eigenvalue weighted by Crippen LogP contribution is -2.21. The summed E-state index contributed by atoms with van der Waals surface area (Å²) in [7, 11) is 4.72. The lowest BCUT2D eigenvalue weighted by atomic mass is 9.82. The molecule has 0 radical (unpaired) electrons. The number of allylic oxidation sites excluding steroid dienone is 1. The van der Waals surface area contributed by atoms with Crippen molar-refractivity contribution in [2.45, 2.75) is 12.8 Å². The van der Waals surface area contributed by atoms with Crippen molar-refractivity contribution < 1.29 is 23.7 Å². The number of hydrogen-bond acceptors (Lipinski definition) is 8. The van der Waals surface area contributed by atoms with E-state index in [1.807, 2.05) is 31.2 Å². The molecule has 0 amide bonds. The highest BCUT2D eigenvalue weighted by Gasteiger charge is 2.37. The molecule has 3 aromatic rings. The molecule has 0 spiro atoms. The quantitative estimate of drug-likeness (QED) is 0.560. The molecule has 2 heterocycles. The van der Waals surface area contributed by atoms with Crippen LogP contribution < -0.4 is 29.4 Å². The topological polar surface area (TPSA) is 125 Å². The number of nitrogens with one attached hydrogen (secondary N) is 1. The van der Waals surface area contributed by atoms with Crippen LogP contribution in [-0.2, 0) is 0 Å². The molecule has 0 unspecified atom stereocenters. The van der Waals surface area contributed by atoms with E-state index in [0.717, 1.165) is 5.56 Å². The normalized spacial score (nSPS) is 14.7. The number of rotatable bonds is 7. The van der Waals surface area contributed by atoms with Gasteiger partial charge in [0.05, 0.1) is 45.1 Å². The average molecular weight is 448 g/mol. The number of H-pyrrole nitrogens is 1. The maximum absolute atomic E-state index is 9.98. The fraction of sp³-hybridized carbons (Fsp3) is 0.250. The molecule has 0 bridgehead atoms. The number of ether oxygens (including phenoxy) is 5. The number of hydrogen-bond donors (Lipinski definition) is 2. The van der Waals surface area contributed by atoms with Crippen LogP contribution in [0.3, 0.4) is 0 Å². The monoisotopic (exact) mass is 448 g/mol. The number of nitrogens with zero attached hydrogens (tertiary/aromatic N) is 2. The first-order chi connectivity index (χ1) is 16.1. The van der Waals surface area contributed by atoms with Crippen LogP contribution in [0.2, 0.25) is 0 Å². The van der Waals surface area contributed by atoms with Crippen molar-refractivity contribution in [1.82, 2.24) is 10.2 Å². The number of aromatic amines is 1. The number of benzene rings is 2. The Morgan fingerprint density at radius 2 is 1.82 bits per heavy atom. The highest BCUT2D eigenvalue weighted by atomic mass is 16.5. The number of nitrogens with two attached hydrogens (primary N) is 1. The summed E-state index contributed by atoms with van der Waals surface area (Å²) in [5, 5.41) is 17.3. The molecule has 9 heteroatoms. The smallest absolute Gasteiger partial charge is 0.244 e. The molecule has 0 saturated heterocycles. The van der Waals surface area contributed by atoms with Gasteiger partial charge in [-0.3, -0.25) is 5.10 Å². The van der Waals surface area contributed by atoms with Gasteiger partial charge >= 0.3 is 0 Å². The van der Waals surface area contributed by atoms with Gasteiger partial charge in [0.1, 0.15) is 23.1 Å². The molecule has 1 aliphatic rings. The standard InChI is InChI=1S/C24H24N4O5/c1-5-32-18-8-6-13(10-19(18)31-4)22-21-20(15-11-14(29-2)7-9-17(15)30-3)16(12-25)23(26)33-24(21)28-27-22/h6-11,20H,5,26H2,1-4H3,(H,27,28)/t20-/m1/s1.